The van der Waals surface area contributed by atoms with Gasteiger partial charge in [0.1, 0.15) is 5.75 Å². The zero-order valence-corrected chi connectivity index (χ0v) is 17.5. The molecule has 2 amide bonds. The summed E-state index contributed by atoms with van der Waals surface area (Å²) in [4.78, 5) is 26.1. The van der Waals surface area contributed by atoms with Gasteiger partial charge in [-0.05, 0) is 43.7 Å². The number of ether oxygens (including phenoxy) is 2. The Balaban J connectivity index is 1.94. The van der Waals surface area contributed by atoms with E-state index in [0.29, 0.717) is 22.8 Å². The number of hydrogen-bond donors (Lipinski definition) is 2. The van der Waals surface area contributed by atoms with E-state index in [0.717, 1.165) is 10.5 Å². The molecule has 0 saturated heterocycles. The first-order chi connectivity index (χ1) is 14.0. The summed E-state index contributed by atoms with van der Waals surface area (Å²) in [5.41, 5.74) is 2.92. The van der Waals surface area contributed by atoms with Crippen molar-refractivity contribution >= 4 is 23.8 Å². The normalized spacial score (nSPS) is 16.1. The summed E-state index contributed by atoms with van der Waals surface area (Å²) in [7, 11) is 1.59. The van der Waals surface area contributed by atoms with Gasteiger partial charge in [-0.3, -0.25) is 0 Å². The number of thioether (sulfide) groups is 1. The third-order valence-electron chi connectivity index (χ3n) is 4.50. The summed E-state index contributed by atoms with van der Waals surface area (Å²) in [6, 6.07) is 14.4. The number of benzene rings is 2. The third-order valence-corrected chi connectivity index (χ3v) is 5.54. The van der Waals surface area contributed by atoms with Gasteiger partial charge < -0.3 is 20.1 Å². The quantitative estimate of drug-likeness (QED) is 0.532. The molecule has 0 bridgehead atoms. The number of hydrogen-bond acceptors (Lipinski definition) is 5. The van der Waals surface area contributed by atoms with E-state index in [4.69, 9.17) is 9.47 Å². The molecule has 3 rings (SSSR count). The minimum Gasteiger partial charge on any atom is -0.497 e. The predicted molar refractivity (Wildman–Crippen MR) is 113 cm³/mol. The van der Waals surface area contributed by atoms with Crippen LogP contribution in [-0.4, -0.2) is 31.5 Å². The van der Waals surface area contributed by atoms with E-state index < -0.39 is 12.0 Å². The average molecular weight is 413 g/mol. The van der Waals surface area contributed by atoms with Gasteiger partial charge in [-0.25, -0.2) is 9.59 Å². The minimum absolute atomic E-state index is 0.254. The Kier molecular flexibility index (Phi) is 6.82. The van der Waals surface area contributed by atoms with Gasteiger partial charge in [0.05, 0.1) is 25.3 Å². The molecule has 0 fully saturated rings. The van der Waals surface area contributed by atoms with Crippen molar-refractivity contribution in [2.45, 2.75) is 24.8 Å². The molecular weight excluding hydrogens is 388 g/mol. The highest BCUT2D eigenvalue weighted by Gasteiger charge is 2.33. The maximum Gasteiger partial charge on any atom is 0.338 e. The molecule has 2 aromatic rings. The van der Waals surface area contributed by atoms with Gasteiger partial charge in [0.25, 0.3) is 0 Å². The number of nitrogens with one attached hydrogen (secondary N) is 2. The van der Waals surface area contributed by atoms with E-state index in [1.807, 2.05) is 43.3 Å². The first kappa shape index (κ1) is 20.8. The second-order valence-electron chi connectivity index (χ2n) is 6.52. The van der Waals surface area contributed by atoms with E-state index in [2.05, 4.69) is 10.6 Å². The minimum atomic E-state index is -0.595. The smallest absolute Gasteiger partial charge is 0.338 e. The Labute approximate surface area is 174 Å². The lowest BCUT2D eigenvalue weighted by Crippen LogP contribution is -2.46. The van der Waals surface area contributed by atoms with Crippen molar-refractivity contribution < 1.29 is 19.1 Å². The summed E-state index contributed by atoms with van der Waals surface area (Å²) in [6.07, 6.45) is 0. The molecular formula is C22H24N2O4S. The van der Waals surface area contributed by atoms with Crippen LogP contribution in [0.1, 0.15) is 24.1 Å². The number of urea groups is 1. The number of carbonyl (C=O) groups excluding carboxylic acids is 2. The molecule has 152 valence electrons. The molecule has 0 aliphatic carbocycles. The highest BCUT2D eigenvalue weighted by molar-refractivity contribution is 7.99. The largest absolute Gasteiger partial charge is 0.497 e. The maximum atomic E-state index is 12.8. The lowest BCUT2D eigenvalue weighted by molar-refractivity contribution is -0.139. The molecule has 0 saturated carbocycles. The molecule has 29 heavy (non-hydrogen) atoms. The molecule has 1 atom stereocenters. The molecule has 0 spiro atoms. The van der Waals surface area contributed by atoms with Crippen LogP contribution in [0.3, 0.4) is 0 Å². The fourth-order valence-corrected chi connectivity index (χ4v) is 3.89. The Morgan fingerprint density at radius 3 is 2.41 bits per heavy atom. The molecule has 1 aliphatic rings. The van der Waals surface area contributed by atoms with Crippen LogP contribution in [0.5, 0.6) is 5.75 Å². The van der Waals surface area contributed by atoms with Gasteiger partial charge in [-0.1, -0.05) is 29.8 Å². The topological polar surface area (TPSA) is 76.7 Å². The van der Waals surface area contributed by atoms with Gasteiger partial charge in [0.15, 0.2) is 0 Å². The molecule has 1 unspecified atom stereocenters. The van der Waals surface area contributed by atoms with Crippen molar-refractivity contribution in [1.82, 2.24) is 10.6 Å². The average Bonchev–Trinajstić information content (AvgIpc) is 2.73. The molecule has 2 N–H and O–H groups in total. The van der Waals surface area contributed by atoms with E-state index in [-0.39, 0.29) is 12.6 Å². The second-order valence-corrected chi connectivity index (χ2v) is 7.57. The Hall–Kier alpha value is -2.93. The molecule has 2 aromatic carbocycles. The van der Waals surface area contributed by atoms with E-state index in [1.165, 1.54) is 5.56 Å². The third kappa shape index (κ3) is 5.12. The number of amides is 2. The standard InChI is InChI=1S/C22H24N2O4S/c1-4-28-21(25)19-18(13-29-17-11-5-14(2)6-12-17)23-22(26)24-20(19)15-7-9-16(27-3)10-8-15/h5-12,20H,4,13H2,1-3H3,(H2,23,24,26). The zero-order chi connectivity index (χ0) is 20.8. The molecule has 1 aliphatic heterocycles. The van der Waals surface area contributed by atoms with E-state index in [9.17, 15) is 9.59 Å². The Morgan fingerprint density at radius 2 is 1.79 bits per heavy atom. The molecule has 7 heteroatoms. The first-order valence-electron chi connectivity index (χ1n) is 9.33. The SMILES string of the molecule is CCOC(=O)C1=C(CSc2ccc(C)cc2)NC(=O)NC1c1ccc(OC)cc1. The summed E-state index contributed by atoms with van der Waals surface area (Å²) >= 11 is 1.55. The summed E-state index contributed by atoms with van der Waals surface area (Å²) < 4.78 is 10.5. The number of esters is 1. The van der Waals surface area contributed by atoms with Crippen LogP contribution in [0.2, 0.25) is 0 Å². The second kappa shape index (κ2) is 9.52. The van der Waals surface area contributed by atoms with Gasteiger partial charge >= 0.3 is 12.0 Å². The van der Waals surface area contributed by atoms with Crippen LogP contribution in [0.15, 0.2) is 64.7 Å². The van der Waals surface area contributed by atoms with Crippen LogP contribution in [0.4, 0.5) is 4.79 Å². The van der Waals surface area contributed by atoms with Crippen LogP contribution in [0.25, 0.3) is 0 Å². The van der Waals surface area contributed by atoms with Crippen LogP contribution < -0.4 is 15.4 Å². The van der Waals surface area contributed by atoms with Gasteiger partial charge in [-0.15, -0.1) is 11.8 Å². The summed E-state index contributed by atoms with van der Waals surface area (Å²) in [5.74, 6) is 0.697. The lowest BCUT2D eigenvalue weighted by atomic mass is 9.95. The van der Waals surface area contributed by atoms with Crippen molar-refractivity contribution in [1.29, 1.82) is 0 Å². The van der Waals surface area contributed by atoms with Gasteiger partial charge in [0, 0.05) is 16.3 Å². The van der Waals surface area contributed by atoms with Crippen LogP contribution in [-0.2, 0) is 9.53 Å². The van der Waals surface area contributed by atoms with E-state index in [1.54, 1.807) is 37.9 Å². The zero-order valence-electron chi connectivity index (χ0n) is 16.7. The number of methoxy groups -OCH3 is 1. The molecule has 0 aromatic heterocycles. The maximum absolute atomic E-state index is 12.8. The van der Waals surface area contributed by atoms with Crippen molar-refractivity contribution in [2.24, 2.45) is 0 Å². The van der Waals surface area contributed by atoms with Crippen molar-refractivity contribution in [3.05, 3.63) is 70.9 Å². The number of aryl methyl sites for hydroxylation is 1. The molecule has 6 nitrogen and oxygen atoms in total. The number of rotatable bonds is 7. The van der Waals surface area contributed by atoms with Gasteiger partial charge in [0.2, 0.25) is 0 Å². The Bertz CT molecular complexity index is 907. The summed E-state index contributed by atoms with van der Waals surface area (Å²) in [5, 5.41) is 5.63. The fraction of sp³-hybridized carbons (Fsp3) is 0.273. The molecule has 0 radical (unpaired) electrons. The van der Waals surface area contributed by atoms with Crippen LogP contribution in [0, 0.1) is 6.92 Å². The van der Waals surface area contributed by atoms with Crippen molar-refractivity contribution in [3.8, 4) is 5.75 Å². The fourth-order valence-electron chi connectivity index (χ4n) is 3.02. The number of carbonyl (C=O) groups is 2. The van der Waals surface area contributed by atoms with Crippen LogP contribution >= 0.6 is 11.8 Å². The van der Waals surface area contributed by atoms with E-state index >= 15 is 0 Å². The highest BCUT2D eigenvalue weighted by atomic mass is 32.2. The van der Waals surface area contributed by atoms with Gasteiger partial charge in [-0.2, -0.15) is 0 Å². The lowest BCUT2D eigenvalue weighted by Gasteiger charge is -2.29. The molecule has 1 heterocycles. The monoisotopic (exact) mass is 412 g/mol. The van der Waals surface area contributed by atoms with Crippen molar-refractivity contribution in [3.63, 3.8) is 0 Å². The Morgan fingerprint density at radius 1 is 1.10 bits per heavy atom. The first-order valence-corrected chi connectivity index (χ1v) is 10.3. The predicted octanol–water partition coefficient (Wildman–Crippen LogP) is 3.97. The van der Waals surface area contributed by atoms with Crippen molar-refractivity contribution in [2.75, 3.05) is 19.5 Å². The summed E-state index contributed by atoms with van der Waals surface area (Å²) in [6.45, 7) is 4.04. The highest BCUT2D eigenvalue weighted by Crippen LogP contribution is 2.31.